The maximum Gasteiger partial charge on any atom is -0.0389 e. The van der Waals surface area contributed by atoms with Gasteiger partial charge in [-0.15, -0.1) is 0 Å². The van der Waals surface area contributed by atoms with E-state index in [4.69, 9.17) is 0 Å². The van der Waals surface area contributed by atoms with Crippen molar-refractivity contribution >= 4 is 0 Å². The highest BCUT2D eigenvalue weighted by molar-refractivity contribution is 4.66. The van der Waals surface area contributed by atoms with Gasteiger partial charge in [-0.05, 0) is 11.8 Å². The van der Waals surface area contributed by atoms with Crippen LogP contribution in [-0.2, 0) is 0 Å². The van der Waals surface area contributed by atoms with E-state index in [9.17, 15) is 0 Å². The van der Waals surface area contributed by atoms with Gasteiger partial charge in [0, 0.05) is 0 Å². The van der Waals surface area contributed by atoms with Crippen LogP contribution in [0.3, 0.4) is 0 Å². The molecule has 0 bridgehead atoms. The van der Waals surface area contributed by atoms with Crippen LogP contribution in [0, 0.1) is 11.8 Å². The van der Waals surface area contributed by atoms with Crippen molar-refractivity contribution in [1.82, 2.24) is 0 Å². The summed E-state index contributed by atoms with van der Waals surface area (Å²) in [6.07, 6.45) is 21.8. The highest BCUT2D eigenvalue weighted by Gasteiger charge is 2.14. The van der Waals surface area contributed by atoms with E-state index < -0.39 is 0 Å². The van der Waals surface area contributed by atoms with E-state index in [1.807, 2.05) is 0 Å². The van der Waals surface area contributed by atoms with E-state index in [1.165, 1.54) is 96.3 Å². The number of unbranched alkanes of at least 4 members (excludes halogenated alkanes) is 10. The summed E-state index contributed by atoms with van der Waals surface area (Å²) >= 11 is 0. The Hall–Kier alpha value is 0. The van der Waals surface area contributed by atoms with Gasteiger partial charge in [-0.25, -0.2) is 0 Å². The summed E-state index contributed by atoms with van der Waals surface area (Å²) in [5, 5.41) is 0. The Morgan fingerprint density at radius 1 is 0.524 bits per heavy atom. The minimum absolute atomic E-state index is 0.941. The molecule has 2 atom stereocenters. The van der Waals surface area contributed by atoms with E-state index >= 15 is 0 Å². The first-order valence-corrected chi connectivity index (χ1v) is 10.3. The van der Waals surface area contributed by atoms with Crippen molar-refractivity contribution in [3.63, 3.8) is 0 Å². The van der Waals surface area contributed by atoms with Crippen molar-refractivity contribution < 1.29 is 0 Å². The Morgan fingerprint density at radius 2 is 0.905 bits per heavy atom. The minimum atomic E-state index is 0.941. The normalized spacial score (nSPS) is 14.3. The fraction of sp³-hybridized carbons (Fsp3) is 1.00. The zero-order valence-electron chi connectivity index (χ0n) is 15.8. The van der Waals surface area contributed by atoms with Crippen molar-refractivity contribution in [1.29, 1.82) is 0 Å². The highest BCUT2D eigenvalue weighted by atomic mass is 14.2. The lowest BCUT2D eigenvalue weighted by atomic mass is 9.83. The van der Waals surface area contributed by atoms with Gasteiger partial charge in [-0.3, -0.25) is 0 Å². The first-order chi connectivity index (χ1) is 10.3. The SMILES string of the molecule is CCCCCCCCCCC(CCCCCC)C(C)CC. The molecule has 0 aromatic rings. The topological polar surface area (TPSA) is 0 Å². The van der Waals surface area contributed by atoms with Gasteiger partial charge in [0.1, 0.15) is 0 Å². The molecule has 0 aliphatic carbocycles. The molecule has 0 aliphatic heterocycles. The van der Waals surface area contributed by atoms with Gasteiger partial charge in [0.05, 0.1) is 0 Å². The van der Waals surface area contributed by atoms with Crippen LogP contribution in [0.25, 0.3) is 0 Å². The van der Waals surface area contributed by atoms with Crippen molar-refractivity contribution in [2.75, 3.05) is 0 Å². The third-order valence-corrected chi connectivity index (χ3v) is 5.31. The summed E-state index contributed by atoms with van der Waals surface area (Å²) in [6, 6.07) is 0. The Balaban J connectivity index is 3.61. The third-order valence-electron chi connectivity index (χ3n) is 5.31. The van der Waals surface area contributed by atoms with Crippen LogP contribution in [-0.4, -0.2) is 0 Å². The van der Waals surface area contributed by atoms with Crippen molar-refractivity contribution in [3.05, 3.63) is 0 Å². The molecule has 0 heterocycles. The Morgan fingerprint density at radius 3 is 1.33 bits per heavy atom. The second kappa shape index (κ2) is 16.4. The molecular weight excluding hydrogens is 252 g/mol. The van der Waals surface area contributed by atoms with Gasteiger partial charge >= 0.3 is 0 Å². The van der Waals surface area contributed by atoms with Crippen LogP contribution >= 0.6 is 0 Å². The predicted octanol–water partition coefficient (Wildman–Crippen LogP) is 8.15. The van der Waals surface area contributed by atoms with Gasteiger partial charge in [0.15, 0.2) is 0 Å². The van der Waals surface area contributed by atoms with Gasteiger partial charge in [0.25, 0.3) is 0 Å². The van der Waals surface area contributed by atoms with Crippen LogP contribution < -0.4 is 0 Å². The summed E-state index contributed by atoms with van der Waals surface area (Å²) in [5.41, 5.74) is 0. The van der Waals surface area contributed by atoms with Crippen molar-refractivity contribution in [2.24, 2.45) is 11.8 Å². The Bertz CT molecular complexity index is 184. The first kappa shape index (κ1) is 21.0. The quantitative estimate of drug-likeness (QED) is 0.252. The van der Waals surface area contributed by atoms with Gasteiger partial charge in [0.2, 0.25) is 0 Å². The predicted molar refractivity (Wildman–Crippen MR) is 98.9 cm³/mol. The van der Waals surface area contributed by atoms with Crippen molar-refractivity contribution in [3.8, 4) is 0 Å². The molecule has 0 rings (SSSR count). The summed E-state index contributed by atoms with van der Waals surface area (Å²) in [5.74, 6) is 1.95. The van der Waals surface area contributed by atoms with E-state index in [1.54, 1.807) is 0 Å². The molecule has 0 radical (unpaired) electrons. The molecule has 0 N–H and O–H groups in total. The average molecular weight is 297 g/mol. The zero-order chi connectivity index (χ0) is 15.8. The molecular formula is C21H44. The standard InChI is InChI=1S/C21H44/c1-5-8-10-12-13-14-15-17-19-21(20(4)7-3)18-16-11-9-6-2/h20-21H,5-19H2,1-4H3. The maximum absolute atomic E-state index is 2.48. The summed E-state index contributed by atoms with van der Waals surface area (Å²) in [4.78, 5) is 0. The molecule has 0 fully saturated rings. The minimum Gasteiger partial charge on any atom is -0.0654 e. The monoisotopic (exact) mass is 296 g/mol. The first-order valence-electron chi connectivity index (χ1n) is 10.3. The fourth-order valence-corrected chi connectivity index (χ4v) is 3.42. The summed E-state index contributed by atoms with van der Waals surface area (Å²) in [6.45, 7) is 9.47. The van der Waals surface area contributed by atoms with E-state index in [0.717, 1.165) is 11.8 Å². The number of hydrogen-bond donors (Lipinski definition) is 0. The Labute approximate surface area is 136 Å². The number of rotatable bonds is 16. The van der Waals surface area contributed by atoms with Crippen molar-refractivity contribution in [2.45, 2.75) is 124 Å². The molecule has 128 valence electrons. The highest BCUT2D eigenvalue weighted by Crippen LogP contribution is 2.27. The molecule has 0 saturated heterocycles. The summed E-state index contributed by atoms with van der Waals surface area (Å²) in [7, 11) is 0. The number of hydrogen-bond acceptors (Lipinski definition) is 0. The van der Waals surface area contributed by atoms with Gasteiger partial charge < -0.3 is 0 Å². The molecule has 2 unspecified atom stereocenters. The lowest BCUT2D eigenvalue weighted by Crippen LogP contribution is -2.11. The molecule has 0 spiro atoms. The van der Waals surface area contributed by atoms with Crippen LogP contribution in [0.4, 0.5) is 0 Å². The second-order valence-corrected chi connectivity index (χ2v) is 7.26. The van der Waals surface area contributed by atoms with E-state index in [2.05, 4.69) is 27.7 Å². The van der Waals surface area contributed by atoms with E-state index in [0.29, 0.717) is 0 Å². The van der Waals surface area contributed by atoms with Crippen LogP contribution in [0.2, 0.25) is 0 Å². The molecule has 0 saturated carbocycles. The lowest BCUT2D eigenvalue weighted by molar-refractivity contribution is 0.288. The third kappa shape index (κ3) is 13.4. The van der Waals surface area contributed by atoms with Crippen LogP contribution in [0.1, 0.15) is 124 Å². The van der Waals surface area contributed by atoms with Crippen LogP contribution in [0.5, 0.6) is 0 Å². The fourth-order valence-electron chi connectivity index (χ4n) is 3.42. The molecule has 0 nitrogen and oxygen atoms in total. The largest absolute Gasteiger partial charge is 0.0654 e. The van der Waals surface area contributed by atoms with Gasteiger partial charge in [-0.2, -0.15) is 0 Å². The molecule has 21 heavy (non-hydrogen) atoms. The lowest BCUT2D eigenvalue weighted by Gasteiger charge is -2.23. The van der Waals surface area contributed by atoms with Gasteiger partial charge in [-0.1, -0.05) is 124 Å². The van der Waals surface area contributed by atoms with E-state index in [-0.39, 0.29) is 0 Å². The molecule has 0 aromatic carbocycles. The summed E-state index contributed by atoms with van der Waals surface area (Å²) < 4.78 is 0. The second-order valence-electron chi connectivity index (χ2n) is 7.26. The Kier molecular flexibility index (Phi) is 16.4. The zero-order valence-corrected chi connectivity index (χ0v) is 15.8. The molecule has 0 aliphatic rings. The maximum atomic E-state index is 2.48. The molecule has 0 amide bonds. The smallest absolute Gasteiger partial charge is 0.0389 e. The molecule has 0 aromatic heterocycles. The molecule has 0 heteroatoms. The van der Waals surface area contributed by atoms with Crippen LogP contribution in [0.15, 0.2) is 0 Å². The average Bonchev–Trinajstić information content (AvgIpc) is 2.51.